The number of methoxy groups -OCH3 is 1. The molecule has 2 saturated carbocycles. The lowest BCUT2D eigenvalue weighted by Gasteiger charge is -2.56. The van der Waals surface area contributed by atoms with Crippen molar-refractivity contribution in [3.8, 4) is 0 Å². The van der Waals surface area contributed by atoms with E-state index in [9.17, 15) is 9.90 Å². The van der Waals surface area contributed by atoms with Gasteiger partial charge in [0.15, 0.2) is 0 Å². The van der Waals surface area contributed by atoms with Gasteiger partial charge in [-0.15, -0.1) is 0 Å². The summed E-state index contributed by atoms with van der Waals surface area (Å²) in [5, 5.41) is 11.0. The zero-order chi connectivity index (χ0) is 14.7. The Hall–Kier alpha value is -0.870. The number of rotatable bonds is 1. The fourth-order valence-electron chi connectivity index (χ4n) is 4.62. The van der Waals surface area contributed by atoms with E-state index < -0.39 is 11.9 Å². The van der Waals surface area contributed by atoms with E-state index in [0.717, 1.165) is 12.8 Å². The van der Waals surface area contributed by atoms with E-state index in [1.54, 1.807) is 14.0 Å². The molecule has 1 heterocycles. The number of fused-ring (bicyclic) bond motifs is 2. The van der Waals surface area contributed by atoms with Crippen LogP contribution in [0.25, 0.3) is 0 Å². The monoisotopic (exact) mass is 280 g/mol. The van der Waals surface area contributed by atoms with Crippen LogP contribution in [0.15, 0.2) is 11.1 Å². The molecule has 0 aromatic carbocycles. The minimum Gasteiger partial charge on any atom is -0.425 e. The number of hydrogen-bond donors (Lipinski definition) is 1. The van der Waals surface area contributed by atoms with Crippen LogP contribution in [0.5, 0.6) is 0 Å². The van der Waals surface area contributed by atoms with Crippen molar-refractivity contribution >= 4 is 5.97 Å². The van der Waals surface area contributed by atoms with Crippen LogP contribution in [-0.4, -0.2) is 30.1 Å². The average molecular weight is 280 g/mol. The topological polar surface area (TPSA) is 55.8 Å². The molecular formula is C16H24O4. The van der Waals surface area contributed by atoms with E-state index in [1.807, 2.05) is 0 Å². The standard InChI is InChI=1S/C16H24O4/c1-9-6-5-7-11-8-16(19-4)12(10(2)14(18)20-16)13(17)15(9,11)3/h9,11,13,17H,5-8H2,1-4H3/t9-,11+,13+,15+,16-/m0/s1. The molecule has 20 heavy (non-hydrogen) atoms. The molecule has 1 aliphatic heterocycles. The smallest absolute Gasteiger partial charge is 0.336 e. The van der Waals surface area contributed by atoms with Crippen LogP contribution in [0.4, 0.5) is 0 Å². The zero-order valence-corrected chi connectivity index (χ0v) is 12.7. The molecule has 0 aromatic rings. The predicted octanol–water partition coefficient (Wildman–Crippen LogP) is 2.41. The van der Waals surface area contributed by atoms with Gasteiger partial charge in [-0.1, -0.05) is 26.7 Å². The maximum absolute atomic E-state index is 12.0. The van der Waals surface area contributed by atoms with E-state index in [0.29, 0.717) is 29.4 Å². The number of hydrogen-bond acceptors (Lipinski definition) is 4. The second kappa shape index (κ2) is 4.31. The molecule has 0 aromatic heterocycles. The lowest BCUT2D eigenvalue weighted by molar-refractivity contribution is -0.233. The lowest BCUT2D eigenvalue weighted by Crippen LogP contribution is -2.58. The third-order valence-corrected chi connectivity index (χ3v) is 6.22. The Morgan fingerprint density at radius 1 is 1.40 bits per heavy atom. The molecule has 3 aliphatic rings. The Labute approximate surface area is 120 Å². The van der Waals surface area contributed by atoms with Gasteiger partial charge in [-0.3, -0.25) is 0 Å². The van der Waals surface area contributed by atoms with Crippen LogP contribution < -0.4 is 0 Å². The van der Waals surface area contributed by atoms with Crippen LogP contribution in [0.1, 0.15) is 46.5 Å². The first-order valence-corrected chi connectivity index (χ1v) is 7.54. The minimum atomic E-state index is -1.03. The fraction of sp³-hybridized carbons (Fsp3) is 0.812. The summed E-state index contributed by atoms with van der Waals surface area (Å²) in [7, 11) is 1.56. The first-order valence-electron chi connectivity index (χ1n) is 7.54. The maximum Gasteiger partial charge on any atom is 0.336 e. The Morgan fingerprint density at radius 3 is 2.75 bits per heavy atom. The van der Waals surface area contributed by atoms with E-state index in [1.165, 1.54) is 6.42 Å². The molecule has 5 atom stereocenters. The van der Waals surface area contributed by atoms with Crippen molar-refractivity contribution in [2.75, 3.05) is 7.11 Å². The van der Waals surface area contributed by atoms with Crippen molar-refractivity contribution in [1.82, 2.24) is 0 Å². The van der Waals surface area contributed by atoms with E-state index in [-0.39, 0.29) is 11.4 Å². The van der Waals surface area contributed by atoms with Gasteiger partial charge >= 0.3 is 5.97 Å². The summed E-state index contributed by atoms with van der Waals surface area (Å²) >= 11 is 0. The molecule has 1 N–H and O–H groups in total. The third-order valence-electron chi connectivity index (χ3n) is 6.22. The largest absolute Gasteiger partial charge is 0.425 e. The predicted molar refractivity (Wildman–Crippen MR) is 73.8 cm³/mol. The quantitative estimate of drug-likeness (QED) is 0.749. The van der Waals surface area contributed by atoms with Gasteiger partial charge in [-0.05, 0) is 25.2 Å². The van der Waals surface area contributed by atoms with Crippen LogP contribution in [0.2, 0.25) is 0 Å². The molecule has 112 valence electrons. The molecule has 0 unspecified atom stereocenters. The van der Waals surface area contributed by atoms with Crippen LogP contribution in [0.3, 0.4) is 0 Å². The van der Waals surface area contributed by atoms with Crippen molar-refractivity contribution in [2.45, 2.75) is 58.3 Å². The second-order valence-corrected chi connectivity index (χ2v) is 6.89. The van der Waals surface area contributed by atoms with Gasteiger partial charge in [0.1, 0.15) is 0 Å². The summed E-state index contributed by atoms with van der Waals surface area (Å²) < 4.78 is 11.1. The number of aliphatic hydroxyl groups excluding tert-OH is 1. The first kappa shape index (κ1) is 14.1. The highest BCUT2D eigenvalue weighted by Gasteiger charge is 2.63. The molecule has 3 rings (SSSR count). The molecule has 4 nitrogen and oxygen atoms in total. The Bertz CT molecular complexity index is 483. The summed E-state index contributed by atoms with van der Waals surface area (Å²) in [6.07, 6.45) is 3.36. The molecule has 0 spiro atoms. The molecule has 2 fully saturated rings. The van der Waals surface area contributed by atoms with Gasteiger partial charge < -0.3 is 14.6 Å². The summed E-state index contributed by atoms with van der Waals surface area (Å²) in [5.74, 6) is -0.622. The van der Waals surface area contributed by atoms with Crippen molar-refractivity contribution in [1.29, 1.82) is 0 Å². The fourth-order valence-corrected chi connectivity index (χ4v) is 4.62. The molecule has 0 radical (unpaired) electrons. The minimum absolute atomic E-state index is 0.190. The van der Waals surface area contributed by atoms with Gasteiger partial charge in [-0.2, -0.15) is 0 Å². The Balaban J connectivity index is 2.12. The molecule has 0 saturated heterocycles. The SMILES string of the molecule is CO[C@]12C[C@H]3CCC[C@H](C)[C@@]3(C)[C@H](O)C1=C(C)C(=O)O2. The van der Waals surface area contributed by atoms with Crippen molar-refractivity contribution in [2.24, 2.45) is 17.3 Å². The lowest BCUT2D eigenvalue weighted by atomic mass is 9.52. The summed E-state index contributed by atoms with van der Waals surface area (Å²) in [6.45, 7) is 6.11. The van der Waals surface area contributed by atoms with Crippen molar-refractivity contribution in [3.63, 3.8) is 0 Å². The van der Waals surface area contributed by atoms with Gasteiger partial charge in [-0.25, -0.2) is 4.79 Å². The van der Waals surface area contributed by atoms with Crippen LogP contribution in [0, 0.1) is 17.3 Å². The number of carbonyl (C=O) groups excluding carboxylic acids is 1. The molecule has 0 bridgehead atoms. The average Bonchev–Trinajstić information content (AvgIpc) is 2.66. The van der Waals surface area contributed by atoms with Gasteiger partial charge in [0.25, 0.3) is 0 Å². The van der Waals surface area contributed by atoms with E-state index in [2.05, 4.69) is 13.8 Å². The number of ether oxygens (including phenoxy) is 2. The molecule has 0 amide bonds. The second-order valence-electron chi connectivity index (χ2n) is 6.89. The molecule has 4 heteroatoms. The van der Waals surface area contributed by atoms with Crippen molar-refractivity contribution < 1.29 is 19.4 Å². The highest BCUT2D eigenvalue weighted by molar-refractivity contribution is 5.92. The number of esters is 1. The Morgan fingerprint density at radius 2 is 2.10 bits per heavy atom. The van der Waals surface area contributed by atoms with Crippen LogP contribution in [-0.2, 0) is 14.3 Å². The highest BCUT2D eigenvalue weighted by atomic mass is 16.7. The third kappa shape index (κ3) is 1.52. The van der Waals surface area contributed by atoms with Crippen LogP contribution >= 0.6 is 0 Å². The zero-order valence-electron chi connectivity index (χ0n) is 12.7. The Kier molecular flexibility index (Phi) is 3.04. The summed E-state index contributed by atoms with van der Waals surface area (Å²) in [5.41, 5.74) is 1.000. The molecule has 2 aliphatic carbocycles. The van der Waals surface area contributed by atoms with Gasteiger partial charge in [0.05, 0.1) is 6.10 Å². The van der Waals surface area contributed by atoms with E-state index >= 15 is 0 Å². The normalized spacial score (nSPS) is 47.9. The number of carbonyl (C=O) groups is 1. The maximum atomic E-state index is 12.0. The highest BCUT2D eigenvalue weighted by Crippen LogP contribution is 2.60. The van der Waals surface area contributed by atoms with Gasteiger partial charge in [0.2, 0.25) is 5.79 Å². The number of aliphatic hydroxyl groups is 1. The molecular weight excluding hydrogens is 256 g/mol. The van der Waals surface area contributed by atoms with Crippen molar-refractivity contribution in [3.05, 3.63) is 11.1 Å². The summed E-state index contributed by atoms with van der Waals surface area (Å²) in [6, 6.07) is 0. The summed E-state index contributed by atoms with van der Waals surface area (Å²) in [4.78, 5) is 12.0. The first-order chi connectivity index (χ1) is 9.36. The van der Waals surface area contributed by atoms with Gasteiger partial charge in [0, 0.05) is 30.1 Å². The van der Waals surface area contributed by atoms with E-state index in [4.69, 9.17) is 9.47 Å².